The third kappa shape index (κ3) is 2.45. The molecule has 20 heavy (non-hydrogen) atoms. The Bertz CT molecular complexity index is 521. The van der Waals surface area contributed by atoms with Crippen LogP contribution in [0.4, 0.5) is 5.69 Å². The second-order valence-electron chi connectivity index (χ2n) is 5.70. The predicted molar refractivity (Wildman–Crippen MR) is 78.7 cm³/mol. The van der Waals surface area contributed by atoms with E-state index in [2.05, 4.69) is 24.4 Å². The Hall–Kier alpha value is -1.39. The van der Waals surface area contributed by atoms with Crippen LogP contribution < -0.4 is 11.1 Å². The lowest BCUT2D eigenvalue weighted by Gasteiger charge is -2.27. The highest BCUT2D eigenvalue weighted by Crippen LogP contribution is 2.35. The van der Waals surface area contributed by atoms with Gasteiger partial charge in [-0.1, -0.05) is 19.1 Å². The Morgan fingerprint density at radius 1 is 1.45 bits per heavy atom. The number of nitrogens with two attached hydrogens (primary N) is 1. The fourth-order valence-electron chi connectivity index (χ4n) is 3.15. The van der Waals surface area contributed by atoms with Gasteiger partial charge in [-0.25, -0.2) is 0 Å². The van der Waals surface area contributed by atoms with Crippen LogP contribution in [0, 0.1) is 0 Å². The van der Waals surface area contributed by atoms with Gasteiger partial charge in [-0.3, -0.25) is 4.79 Å². The second kappa shape index (κ2) is 5.54. The molecule has 2 atom stereocenters. The van der Waals surface area contributed by atoms with E-state index in [1.807, 2.05) is 0 Å². The number of benzene rings is 1. The van der Waals surface area contributed by atoms with Crippen LogP contribution >= 0.6 is 0 Å². The molecule has 2 unspecified atom stereocenters. The van der Waals surface area contributed by atoms with Crippen molar-refractivity contribution in [3.63, 3.8) is 0 Å². The second-order valence-corrected chi connectivity index (χ2v) is 5.70. The maximum absolute atomic E-state index is 11.7. The van der Waals surface area contributed by atoms with Crippen LogP contribution in [0.25, 0.3) is 0 Å². The molecule has 0 saturated carbocycles. The van der Waals surface area contributed by atoms with Crippen LogP contribution in [0.5, 0.6) is 0 Å². The molecule has 0 aromatic heterocycles. The van der Waals surface area contributed by atoms with Gasteiger partial charge >= 0.3 is 0 Å². The topological polar surface area (TPSA) is 64.3 Å². The molecule has 3 N–H and O–H groups in total. The van der Waals surface area contributed by atoms with E-state index in [1.165, 1.54) is 11.1 Å². The van der Waals surface area contributed by atoms with Crippen molar-refractivity contribution < 1.29 is 9.53 Å². The number of aryl methyl sites for hydroxylation is 2. The van der Waals surface area contributed by atoms with Crippen LogP contribution in [0.2, 0.25) is 0 Å². The zero-order chi connectivity index (χ0) is 14.1. The van der Waals surface area contributed by atoms with Gasteiger partial charge in [0.1, 0.15) is 0 Å². The monoisotopic (exact) mass is 274 g/mol. The van der Waals surface area contributed by atoms with E-state index in [-0.39, 0.29) is 18.1 Å². The molecule has 1 fully saturated rings. The van der Waals surface area contributed by atoms with E-state index in [9.17, 15) is 4.79 Å². The molecule has 0 spiro atoms. The first-order chi connectivity index (χ1) is 9.69. The van der Waals surface area contributed by atoms with E-state index in [0.717, 1.165) is 43.5 Å². The van der Waals surface area contributed by atoms with E-state index in [4.69, 9.17) is 10.5 Å². The summed E-state index contributed by atoms with van der Waals surface area (Å²) in [6.45, 7) is 2.94. The molecule has 3 rings (SSSR count). The summed E-state index contributed by atoms with van der Waals surface area (Å²) in [7, 11) is 0. The van der Waals surface area contributed by atoms with Crippen molar-refractivity contribution in [3.05, 3.63) is 28.8 Å². The molecular weight excluding hydrogens is 252 g/mol. The van der Waals surface area contributed by atoms with Crippen molar-refractivity contribution in [2.24, 2.45) is 5.73 Å². The van der Waals surface area contributed by atoms with Gasteiger partial charge in [-0.05, 0) is 42.4 Å². The fraction of sp³-hybridized carbons (Fsp3) is 0.562. The molecule has 1 aromatic rings. The molecule has 2 aliphatic rings. The predicted octanol–water partition coefficient (Wildman–Crippen LogP) is 2.31. The number of anilines is 1. The summed E-state index contributed by atoms with van der Waals surface area (Å²) in [6.07, 6.45) is 4.49. The summed E-state index contributed by atoms with van der Waals surface area (Å²) in [5.41, 5.74) is 10.9. The number of hydrogen-bond acceptors (Lipinski definition) is 3. The summed E-state index contributed by atoms with van der Waals surface area (Å²) in [4.78, 5) is 11.7. The molecule has 1 aromatic carbocycles. The van der Waals surface area contributed by atoms with E-state index >= 15 is 0 Å². The van der Waals surface area contributed by atoms with Gasteiger partial charge in [0, 0.05) is 18.7 Å². The van der Waals surface area contributed by atoms with Gasteiger partial charge in [0.15, 0.2) is 0 Å². The first-order valence-electron chi connectivity index (χ1n) is 7.51. The number of carbonyl (C=O) groups excluding carboxylic acids is 1. The Labute approximate surface area is 119 Å². The minimum atomic E-state index is -0.156. The van der Waals surface area contributed by atoms with Crippen molar-refractivity contribution in [2.75, 3.05) is 11.9 Å². The number of carbonyl (C=O) groups is 1. The molecule has 4 heteroatoms. The van der Waals surface area contributed by atoms with Gasteiger partial charge in [-0.15, -0.1) is 0 Å². The average Bonchev–Trinajstić information content (AvgIpc) is 2.99. The SMILES string of the molecule is CCc1cc2c(c(C(N)C3CCCO3)c1)NC(=O)CC2. The van der Waals surface area contributed by atoms with Gasteiger partial charge in [0.2, 0.25) is 5.91 Å². The molecule has 0 aliphatic carbocycles. The van der Waals surface area contributed by atoms with Crippen molar-refractivity contribution in [2.45, 2.75) is 51.2 Å². The third-order valence-corrected chi connectivity index (χ3v) is 4.33. The highest BCUT2D eigenvalue weighted by Gasteiger charge is 2.29. The number of nitrogens with one attached hydrogen (secondary N) is 1. The molecule has 108 valence electrons. The number of amides is 1. The van der Waals surface area contributed by atoms with Gasteiger partial charge in [0.25, 0.3) is 0 Å². The summed E-state index contributed by atoms with van der Waals surface area (Å²) < 4.78 is 5.72. The van der Waals surface area contributed by atoms with E-state index < -0.39 is 0 Å². The van der Waals surface area contributed by atoms with Gasteiger partial charge in [-0.2, -0.15) is 0 Å². The number of fused-ring (bicyclic) bond motifs is 1. The van der Waals surface area contributed by atoms with Crippen LogP contribution in [0.15, 0.2) is 12.1 Å². The largest absolute Gasteiger partial charge is 0.376 e. The van der Waals surface area contributed by atoms with E-state index in [1.54, 1.807) is 0 Å². The van der Waals surface area contributed by atoms with Crippen LogP contribution in [0.1, 0.15) is 48.9 Å². The Balaban J connectivity index is 2.00. The van der Waals surface area contributed by atoms with Crippen molar-refractivity contribution in [3.8, 4) is 0 Å². The smallest absolute Gasteiger partial charge is 0.224 e. The quantitative estimate of drug-likeness (QED) is 0.889. The summed E-state index contributed by atoms with van der Waals surface area (Å²) in [5, 5.41) is 3.01. The summed E-state index contributed by atoms with van der Waals surface area (Å²) >= 11 is 0. The molecule has 0 bridgehead atoms. The summed E-state index contributed by atoms with van der Waals surface area (Å²) in [6, 6.07) is 4.17. The standard InChI is InChI=1S/C16H22N2O2/c1-2-10-8-11-5-6-14(19)18-16(11)12(9-10)15(17)13-4-3-7-20-13/h8-9,13,15H,2-7,17H2,1H3,(H,18,19). The summed E-state index contributed by atoms with van der Waals surface area (Å²) in [5.74, 6) is 0.0857. The van der Waals surface area contributed by atoms with Crippen LogP contribution in [-0.2, 0) is 22.4 Å². The normalized spacial score (nSPS) is 23.3. The minimum absolute atomic E-state index is 0.0741. The lowest BCUT2D eigenvalue weighted by molar-refractivity contribution is -0.116. The zero-order valence-electron chi connectivity index (χ0n) is 11.9. The molecule has 2 aliphatic heterocycles. The first-order valence-corrected chi connectivity index (χ1v) is 7.51. The number of ether oxygens (including phenoxy) is 1. The van der Waals surface area contributed by atoms with Crippen molar-refractivity contribution in [1.82, 2.24) is 0 Å². The minimum Gasteiger partial charge on any atom is -0.376 e. The fourth-order valence-corrected chi connectivity index (χ4v) is 3.15. The maximum Gasteiger partial charge on any atom is 0.224 e. The first kappa shape index (κ1) is 13.6. The van der Waals surface area contributed by atoms with Crippen LogP contribution in [-0.4, -0.2) is 18.6 Å². The molecular formula is C16H22N2O2. The lowest BCUT2D eigenvalue weighted by Crippen LogP contribution is -2.29. The molecule has 1 amide bonds. The average molecular weight is 274 g/mol. The Morgan fingerprint density at radius 2 is 2.30 bits per heavy atom. The number of rotatable bonds is 3. The Morgan fingerprint density at radius 3 is 3.00 bits per heavy atom. The van der Waals surface area contributed by atoms with Gasteiger partial charge in [0.05, 0.1) is 12.1 Å². The molecule has 2 heterocycles. The highest BCUT2D eigenvalue weighted by molar-refractivity contribution is 5.95. The number of hydrogen-bond donors (Lipinski definition) is 2. The molecule has 0 radical (unpaired) electrons. The maximum atomic E-state index is 11.7. The van der Waals surface area contributed by atoms with Gasteiger partial charge < -0.3 is 15.8 Å². The zero-order valence-corrected chi connectivity index (χ0v) is 11.9. The van der Waals surface area contributed by atoms with Crippen molar-refractivity contribution >= 4 is 11.6 Å². The third-order valence-electron chi connectivity index (χ3n) is 4.33. The van der Waals surface area contributed by atoms with E-state index in [0.29, 0.717) is 6.42 Å². The van der Waals surface area contributed by atoms with Crippen molar-refractivity contribution in [1.29, 1.82) is 0 Å². The Kier molecular flexibility index (Phi) is 3.76. The molecule has 1 saturated heterocycles. The lowest BCUT2D eigenvalue weighted by atomic mass is 9.90. The van der Waals surface area contributed by atoms with Crippen LogP contribution in [0.3, 0.4) is 0 Å². The highest BCUT2D eigenvalue weighted by atomic mass is 16.5. The molecule has 4 nitrogen and oxygen atoms in total.